The van der Waals surface area contributed by atoms with Crippen LogP contribution in [-0.2, 0) is 9.47 Å². The van der Waals surface area contributed by atoms with Crippen LogP contribution in [0.1, 0.15) is 37.6 Å². The van der Waals surface area contributed by atoms with Gasteiger partial charge in [0.05, 0.1) is 13.2 Å². The molecule has 25 heavy (non-hydrogen) atoms. The Bertz CT molecular complexity index is 594. The first-order chi connectivity index (χ1) is 11.8. The van der Waals surface area contributed by atoms with E-state index in [1.54, 1.807) is 39.1 Å². The SMILES string of the molecule is CC(C)(C)OC(=O)NCCNC(=O)c1cccnc1O[C@@H]1CCOC1. The van der Waals surface area contributed by atoms with E-state index in [1.165, 1.54) is 0 Å². The largest absolute Gasteiger partial charge is 0.471 e. The highest BCUT2D eigenvalue weighted by Crippen LogP contribution is 2.19. The first-order valence-corrected chi connectivity index (χ1v) is 8.29. The van der Waals surface area contributed by atoms with Gasteiger partial charge in [-0.3, -0.25) is 4.79 Å². The quantitative estimate of drug-likeness (QED) is 0.754. The highest BCUT2D eigenvalue weighted by molar-refractivity contribution is 5.96. The average Bonchev–Trinajstić information content (AvgIpc) is 3.03. The van der Waals surface area contributed by atoms with Gasteiger partial charge in [0.1, 0.15) is 17.3 Å². The minimum absolute atomic E-state index is 0.0877. The van der Waals surface area contributed by atoms with Crippen LogP contribution in [0.25, 0.3) is 0 Å². The highest BCUT2D eigenvalue weighted by atomic mass is 16.6. The zero-order valence-corrected chi connectivity index (χ0v) is 14.8. The molecule has 8 heteroatoms. The van der Waals surface area contributed by atoms with Crippen molar-refractivity contribution in [1.82, 2.24) is 15.6 Å². The van der Waals surface area contributed by atoms with Gasteiger partial charge in [-0.15, -0.1) is 0 Å². The Morgan fingerprint density at radius 3 is 2.76 bits per heavy atom. The molecule has 0 spiro atoms. The van der Waals surface area contributed by atoms with Gasteiger partial charge in [-0.05, 0) is 32.9 Å². The molecule has 0 saturated carbocycles. The molecule has 1 fully saturated rings. The molecule has 0 unspecified atom stereocenters. The highest BCUT2D eigenvalue weighted by Gasteiger charge is 2.21. The third-order valence-corrected chi connectivity index (χ3v) is 3.26. The van der Waals surface area contributed by atoms with Gasteiger partial charge in [-0.25, -0.2) is 9.78 Å². The number of alkyl carbamates (subject to hydrolysis) is 1. The molecule has 2 N–H and O–H groups in total. The maximum atomic E-state index is 12.3. The summed E-state index contributed by atoms with van der Waals surface area (Å²) in [7, 11) is 0. The monoisotopic (exact) mass is 351 g/mol. The smallest absolute Gasteiger partial charge is 0.407 e. The molecule has 1 aliphatic rings. The standard InChI is InChI=1S/C17H25N3O5/c1-17(2,3)25-16(22)20-9-8-18-14(21)13-5-4-7-19-15(13)24-12-6-10-23-11-12/h4-5,7,12H,6,8-11H2,1-3H3,(H,18,21)(H,20,22)/t12-/m1/s1. The zero-order chi connectivity index (χ0) is 18.3. The van der Waals surface area contributed by atoms with Crippen molar-refractivity contribution >= 4 is 12.0 Å². The van der Waals surface area contributed by atoms with Crippen LogP contribution in [0.5, 0.6) is 5.88 Å². The van der Waals surface area contributed by atoms with Crippen LogP contribution in [0.4, 0.5) is 4.79 Å². The van der Waals surface area contributed by atoms with Gasteiger partial charge in [0.15, 0.2) is 0 Å². The molecule has 1 atom stereocenters. The van der Waals surface area contributed by atoms with Gasteiger partial charge in [-0.1, -0.05) is 0 Å². The summed E-state index contributed by atoms with van der Waals surface area (Å²) in [4.78, 5) is 28.0. The van der Waals surface area contributed by atoms with Crippen molar-refractivity contribution in [2.75, 3.05) is 26.3 Å². The van der Waals surface area contributed by atoms with Crippen LogP contribution in [0.2, 0.25) is 0 Å². The van der Waals surface area contributed by atoms with Gasteiger partial charge in [0.2, 0.25) is 5.88 Å². The van der Waals surface area contributed by atoms with E-state index in [0.717, 1.165) is 6.42 Å². The van der Waals surface area contributed by atoms with Gasteiger partial charge in [0.25, 0.3) is 5.91 Å². The molecule has 8 nitrogen and oxygen atoms in total. The van der Waals surface area contributed by atoms with Crippen molar-refractivity contribution in [3.05, 3.63) is 23.9 Å². The fourth-order valence-electron chi connectivity index (χ4n) is 2.17. The van der Waals surface area contributed by atoms with Crippen LogP contribution >= 0.6 is 0 Å². The molecule has 0 aliphatic carbocycles. The van der Waals surface area contributed by atoms with Gasteiger partial charge < -0.3 is 24.8 Å². The van der Waals surface area contributed by atoms with Gasteiger partial charge in [0, 0.05) is 25.7 Å². The molecular formula is C17H25N3O5. The second kappa shape index (κ2) is 8.66. The molecular weight excluding hydrogens is 326 g/mol. The van der Waals surface area contributed by atoms with Gasteiger partial charge >= 0.3 is 6.09 Å². The Morgan fingerprint density at radius 2 is 2.08 bits per heavy atom. The van der Waals surface area contributed by atoms with Gasteiger partial charge in [-0.2, -0.15) is 0 Å². The fraction of sp³-hybridized carbons (Fsp3) is 0.588. The maximum Gasteiger partial charge on any atom is 0.407 e. The number of ether oxygens (including phenoxy) is 3. The number of amides is 2. The fourth-order valence-corrected chi connectivity index (χ4v) is 2.17. The van der Waals surface area contributed by atoms with E-state index >= 15 is 0 Å². The van der Waals surface area contributed by atoms with Crippen molar-refractivity contribution in [3.8, 4) is 5.88 Å². The summed E-state index contributed by atoms with van der Waals surface area (Å²) in [5.41, 5.74) is -0.203. The average molecular weight is 351 g/mol. The van der Waals surface area contributed by atoms with E-state index in [9.17, 15) is 9.59 Å². The second-order valence-corrected chi connectivity index (χ2v) is 6.64. The van der Waals surface area contributed by atoms with Crippen molar-refractivity contribution in [2.45, 2.75) is 38.9 Å². The van der Waals surface area contributed by atoms with E-state index in [2.05, 4.69) is 15.6 Å². The van der Waals surface area contributed by atoms with Crippen LogP contribution < -0.4 is 15.4 Å². The van der Waals surface area contributed by atoms with Crippen molar-refractivity contribution in [3.63, 3.8) is 0 Å². The first-order valence-electron chi connectivity index (χ1n) is 8.29. The molecule has 1 aromatic rings. The number of hydrogen-bond donors (Lipinski definition) is 2. The summed E-state index contributed by atoms with van der Waals surface area (Å²) in [5, 5.41) is 5.30. The summed E-state index contributed by atoms with van der Waals surface area (Å²) in [6.07, 6.45) is 1.74. The Morgan fingerprint density at radius 1 is 1.32 bits per heavy atom. The topological polar surface area (TPSA) is 98.8 Å². The number of nitrogens with zero attached hydrogens (tertiary/aromatic N) is 1. The number of aromatic nitrogens is 1. The van der Waals surface area contributed by atoms with Crippen LogP contribution in [0.3, 0.4) is 0 Å². The third-order valence-electron chi connectivity index (χ3n) is 3.26. The Labute approximate surface area is 147 Å². The van der Waals surface area contributed by atoms with Crippen LogP contribution in [0, 0.1) is 0 Å². The maximum absolute atomic E-state index is 12.3. The lowest BCUT2D eigenvalue weighted by atomic mass is 10.2. The lowest BCUT2D eigenvalue weighted by Crippen LogP contribution is -2.38. The molecule has 1 saturated heterocycles. The van der Waals surface area contributed by atoms with Crippen LogP contribution in [-0.4, -0.2) is 55.0 Å². The molecule has 2 amide bonds. The lowest BCUT2D eigenvalue weighted by Gasteiger charge is -2.19. The number of rotatable bonds is 6. The number of nitrogens with one attached hydrogen (secondary N) is 2. The Kier molecular flexibility index (Phi) is 6.58. The normalized spacial score (nSPS) is 17.0. The molecule has 1 aliphatic heterocycles. The minimum atomic E-state index is -0.556. The molecule has 138 valence electrons. The molecule has 2 rings (SSSR count). The summed E-state index contributed by atoms with van der Waals surface area (Å²) in [6.45, 7) is 7.02. The van der Waals surface area contributed by atoms with Crippen molar-refractivity contribution < 1.29 is 23.8 Å². The van der Waals surface area contributed by atoms with E-state index in [1.807, 2.05) is 0 Å². The summed E-state index contributed by atoms with van der Waals surface area (Å²) >= 11 is 0. The predicted molar refractivity (Wildman–Crippen MR) is 90.7 cm³/mol. The lowest BCUT2D eigenvalue weighted by molar-refractivity contribution is 0.0526. The summed E-state index contributed by atoms with van der Waals surface area (Å²) in [5.74, 6) is -0.0244. The second-order valence-electron chi connectivity index (χ2n) is 6.64. The molecule has 2 heterocycles. The van der Waals surface area contributed by atoms with E-state index < -0.39 is 11.7 Å². The predicted octanol–water partition coefficient (Wildman–Crippen LogP) is 1.50. The molecule has 0 bridgehead atoms. The third kappa shape index (κ3) is 6.58. The number of hydrogen-bond acceptors (Lipinski definition) is 6. The molecule has 1 aromatic heterocycles. The van der Waals surface area contributed by atoms with E-state index in [4.69, 9.17) is 14.2 Å². The minimum Gasteiger partial charge on any atom is -0.471 e. The van der Waals surface area contributed by atoms with Crippen molar-refractivity contribution in [2.24, 2.45) is 0 Å². The summed E-state index contributed by atoms with van der Waals surface area (Å²) in [6, 6.07) is 3.32. The van der Waals surface area contributed by atoms with Crippen LogP contribution in [0.15, 0.2) is 18.3 Å². The molecule has 0 aromatic carbocycles. The zero-order valence-electron chi connectivity index (χ0n) is 14.8. The Balaban J connectivity index is 1.79. The van der Waals surface area contributed by atoms with E-state index in [0.29, 0.717) is 18.8 Å². The van der Waals surface area contributed by atoms with Crippen molar-refractivity contribution in [1.29, 1.82) is 0 Å². The number of carbonyl (C=O) groups excluding carboxylic acids is 2. The number of carbonyl (C=O) groups is 2. The molecule has 0 radical (unpaired) electrons. The van der Waals surface area contributed by atoms with E-state index in [-0.39, 0.29) is 31.0 Å². The first kappa shape index (κ1) is 19.0. The Hall–Kier alpha value is -2.35. The number of pyridine rings is 1. The summed E-state index contributed by atoms with van der Waals surface area (Å²) < 4.78 is 16.1.